The van der Waals surface area contributed by atoms with E-state index in [1.54, 1.807) is 66.7 Å². The van der Waals surface area contributed by atoms with Crippen molar-refractivity contribution >= 4 is 23.6 Å². The molecule has 0 radical (unpaired) electrons. The number of para-hydroxylation sites is 1. The third-order valence-corrected chi connectivity index (χ3v) is 4.94. The average molecular weight is 400 g/mol. The predicted molar refractivity (Wildman–Crippen MR) is 112 cm³/mol. The van der Waals surface area contributed by atoms with Crippen molar-refractivity contribution in [2.45, 2.75) is 19.2 Å². The lowest BCUT2D eigenvalue weighted by Crippen LogP contribution is -2.42. The molecule has 1 fully saturated rings. The fraction of sp³-hybridized carbons (Fsp3) is 0.125. The molecule has 0 aliphatic carbocycles. The van der Waals surface area contributed by atoms with E-state index in [1.165, 1.54) is 11.8 Å². The maximum Gasteiger partial charge on any atom is 0.340 e. The van der Waals surface area contributed by atoms with Crippen LogP contribution in [0, 0.1) is 0 Å². The highest BCUT2D eigenvalue weighted by atomic mass is 16.6. The summed E-state index contributed by atoms with van der Waals surface area (Å²) < 4.78 is 5.45. The van der Waals surface area contributed by atoms with Crippen LogP contribution in [0.3, 0.4) is 0 Å². The molecular weight excluding hydrogens is 380 g/mol. The van der Waals surface area contributed by atoms with E-state index in [0.717, 1.165) is 4.90 Å². The number of hydrogen-bond acceptors (Lipinski definition) is 4. The summed E-state index contributed by atoms with van der Waals surface area (Å²) in [6.07, 6.45) is -1.06. The van der Waals surface area contributed by atoms with E-state index in [0.29, 0.717) is 16.8 Å². The van der Waals surface area contributed by atoms with Gasteiger partial charge in [-0.15, -0.1) is 0 Å². The van der Waals surface area contributed by atoms with Gasteiger partial charge in [-0.25, -0.2) is 14.5 Å². The smallest absolute Gasteiger partial charge is 0.340 e. The summed E-state index contributed by atoms with van der Waals surface area (Å²) in [4.78, 5) is 41.5. The van der Waals surface area contributed by atoms with Gasteiger partial charge in [0.25, 0.3) is 5.91 Å². The highest BCUT2D eigenvalue weighted by molar-refractivity contribution is 6.14. The van der Waals surface area contributed by atoms with Crippen LogP contribution in [-0.4, -0.2) is 29.0 Å². The van der Waals surface area contributed by atoms with Crippen molar-refractivity contribution in [3.8, 4) is 0 Å². The first-order valence-corrected chi connectivity index (χ1v) is 9.60. The van der Waals surface area contributed by atoms with Gasteiger partial charge in [-0.3, -0.25) is 9.69 Å². The molecule has 150 valence electrons. The van der Waals surface area contributed by atoms with Gasteiger partial charge in [-0.05, 0) is 36.8 Å². The van der Waals surface area contributed by atoms with Gasteiger partial charge in [-0.2, -0.15) is 0 Å². The normalized spacial score (nSPS) is 17.2. The van der Waals surface area contributed by atoms with Gasteiger partial charge >= 0.3 is 12.0 Å². The van der Waals surface area contributed by atoms with Gasteiger partial charge < -0.3 is 4.74 Å². The quantitative estimate of drug-likeness (QED) is 0.470. The number of esters is 1. The average Bonchev–Trinajstić information content (AvgIpc) is 3.05. The number of amides is 3. The van der Waals surface area contributed by atoms with Crippen LogP contribution in [0.1, 0.15) is 28.9 Å². The summed E-state index contributed by atoms with van der Waals surface area (Å²) in [6, 6.07) is 25.2. The molecule has 0 N–H and O–H groups in total. The van der Waals surface area contributed by atoms with Crippen LogP contribution in [-0.2, 0) is 9.53 Å². The van der Waals surface area contributed by atoms with Crippen molar-refractivity contribution in [1.29, 1.82) is 0 Å². The lowest BCUT2D eigenvalue weighted by molar-refractivity contribution is -0.133. The van der Waals surface area contributed by atoms with Crippen LogP contribution in [0.25, 0.3) is 0 Å². The number of carbonyl (C=O) groups is 3. The third-order valence-electron chi connectivity index (χ3n) is 4.94. The van der Waals surface area contributed by atoms with E-state index in [1.807, 2.05) is 24.3 Å². The molecule has 30 heavy (non-hydrogen) atoms. The lowest BCUT2D eigenvalue weighted by atomic mass is 10.1. The molecule has 1 saturated heterocycles. The van der Waals surface area contributed by atoms with Crippen molar-refractivity contribution < 1.29 is 19.1 Å². The van der Waals surface area contributed by atoms with Crippen molar-refractivity contribution in [3.05, 3.63) is 102 Å². The Morgan fingerprint density at radius 1 is 0.833 bits per heavy atom. The Labute approximate surface area is 174 Å². The number of benzene rings is 3. The summed E-state index contributed by atoms with van der Waals surface area (Å²) in [7, 11) is 0. The molecule has 3 aromatic carbocycles. The van der Waals surface area contributed by atoms with Crippen molar-refractivity contribution in [2.24, 2.45) is 0 Å². The van der Waals surface area contributed by atoms with Gasteiger partial charge in [0.15, 0.2) is 6.23 Å². The summed E-state index contributed by atoms with van der Waals surface area (Å²) in [5.41, 5.74) is 1.63. The van der Waals surface area contributed by atoms with E-state index >= 15 is 0 Å². The van der Waals surface area contributed by atoms with E-state index in [4.69, 9.17) is 4.74 Å². The van der Waals surface area contributed by atoms with Gasteiger partial charge in [0.2, 0.25) is 0 Å². The minimum atomic E-state index is -1.06. The Kier molecular flexibility index (Phi) is 5.30. The molecule has 0 saturated carbocycles. The van der Waals surface area contributed by atoms with E-state index < -0.39 is 30.2 Å². The summed E-state index contributed by atoms with van der Waals surface area (Å²) in [5, 5.41) is 0. The molecule has 3 amide bonds. The van der Waals surface area contributed by atoms with Crippen LogP contribution < -0.4 is 4.90 Å². The Balaban J connectivity index is 1.66. The molecule has 6 nitrogen and oxygen atoms in total. The molecule has 2 unspecified atom stereocenters. The SMILES string of the molecule is CC(OC(=O)c1ccccc1)N1C(=O)C(c2ccccc2)N(c2ccccc2)C1=O. The molecule has 2 atom stereocenters. The maximum absolute atomic E-state index is 13.3. The van der Waals surface area contributed by atoms with Gasteiger partial charge in [0.05, 0.1) is 5.56 Å². The van der Waals surface area contributed by atoms with Crippen molar-refractivity contribution in [3.63, 3.8) is 0 Å². The second-order valence-electron chi connectivity index (χ2n) is 6.88. The minimum Gasteiger partial charge on any atom is -0.438 e. The number of anilines is 1. The number of ether oxygens (including phenoxy) is 1. The molecule has 4 rings (SSSR count). The zero-order valence-corrected chi connectivity index (χ0v) is 16.3. The number of carbonyl (C=O) groups excluding carboxylic acids is 3. The van der Waals surface area contributed by atoms with Crippen LogP contribution >= 0.6 is 0 Å². The van der Waals surface area contributed by atoms with Crippen molar-refractivity contribution in [1.82, 2.24) is 4.90 Å². The second-order valence-corrected chi connectivity index (χ2v) is 6.88. The topological polar surface area (TPSA) is 66.9 Å². The van der Waals surface area contributed by atoms with Gasteiger partial charge in [0.1, 0.15) is 6.04 Å². The van der Waals surface area contributed by atoms with E-state index in [-0.39, 0.29) is 0 Å². The van der Waals surface area contributed by atoms with Crippen LogP contribution in [0.5, 0.6) is 0 Å². The lowest BCUT2D eigenvalue weighted by Gasteiger charge is -2.23. The molecule has 1 aliphatic rings. The monoisotopic (exact) mass is 400 g/mol. The van der Waals surface area contributed by atoms with E-state index in [2.05, 4.69) is 0 Å². The minimum absolute atomic E-state index is 0.350. The van der Waals surface area contributed by atoms with Crippen molar-refractivity contribution in [2.75, 3.05) is 4.90 Å². The van der Waals surface area contributed by atoms with Crippen LogP contribution in [0.4, 0.5) is 10.5 Å². The summed E-state index contributed by atoms with van der Waals surface area (Å²) in [6.45, 7) is 1.52. The predicted octanol–water partition coefficient (Wildman–Crippen LogP) is 4.40. The molecule has 3 aromatic rings. The summed E-state index contributed by atoms with van der Waals surface area (Å²) >= 11 is 0. The first-order valence-electron chi connectivity index (χ1n) is 9.60. The molecule has 1 aliphatic heterocycles. The maximum atomic E-state index is 13.3. The standard InChI is InChI=1S/C24H20N2O4/c1-17(30-23(28)19-13-7-3-8-14-19)25-22(27)21(18-11-5-2-6-12-18)26(24(25)29)20-15-9-4-10-16-20/h2-17,21H,1H3. The second kappa shape index (κ2) is 8.21. The number of rotatable bonds is 5. The zero-order valence-electron chi connectivity index (χ0n) is 16.3. The van der Waals surface area contributed by atoms with Gasteiger partial charge in [-0.1, -0.05) is 66.7 Å². The Morgan fingerprint density at radius 2 is 1.37 bits per heavy atom. The van der Waals surface area contributed by atoms with Gasteiger partial charge in [0, 0.05) is 5.69 Å². The first-order chi connectivity index (χ1) is 14.6. The van der Waals surface area contributed by atoms with Crippen LogP contribution in [0.2, 0.25) is 0 Å². The zero-order chi connectivity index (χ0) is 21.1. The molecule has 0 bridgehead atoms. The fourth-order valence-corrected chi connectivity index (χ4v) is 3.52. The number of hydrogen-bond donors (Lipinski definition) is 0. The number of imide groups is 1. The molecule has 0 aromatic heterocycles. The fourth-order valence-electron chi connectivity index (χ4n) is 3.52. The highest BCUT2D eigenvalue weighted by Gasteiger charge is 2.49. The molecule has 0 spiro atoms. The number of urea groups is 1. The Bertz CT molecular complexity index is 997. The largest absolute Gasteiger partial charge is 0.438 e. The third kappa shape index (κ3) is 3.55. The number of nitrogens with zero attached hydrogens (tertiary/aromatic N) is 2. The molecular formula is C24H20N2O4. The van der Waals surface area contributed by atoms with E-state index in [9.17, 15) is 14.4 Å². The first kappa shape index (κ1) is 19.4. The molecule has 6 heteroatoms. The Morgan fingerprint density at radius 3 is 1.97 bits per heavy atom. The Hall–Kier alpha value is -3.93. The highest BCUT2D eigenvalue weighted by Crippen LogP contribution is 2.36. The van der Waals surface area contributed by atoms with Crippen LogP contribution in [0.15, 0.2) is 91.0 Å². The summed E-state index contributed by atoms with van der Waals surface area (Å²) in [5.74, 6) is -1.04. The molecule has 1 heterocycles.